The summed E-state index contributed by atoms with van der Waals surface area (Å²) in [5, 5.41) is 5.34. The fraction of sp³-hybridized carbons (Fsp3) is 0.444. The van der Waals surface area contributed by atoms with Crippen molar-refractivity contribution in [1.82, 2.24) is 5.32 Å². The molecule has 1 aromatic rings. The van der Waals surface area contributed by atoms with Gasteiger partial charge >= 0.3 is 11.8 Å². The molecule has 0 fully saturated rings. The minimum atomic E-state index is -0.640. The quantitative estimate of drug-likeness (QED) is 0.648. The van der Waals surface area contributed by atoms with Gasteiger partial charge in [-0.3, -0.25) is 9.59 Å². The van der Waals surface area contributed by atoms with Crippen molar-refractivity contribution in [3.05, 3.63) is 42.0 Å². The van der Waals surface area contributed by atoms with E-state index in [0.717, 1.165) is 24.8 Å². The number of anilines is 1. The van der Waals surface area contributed by atoms with Crippen LogP contribution in [0.2, 0.25) is 0 Å². The number of nitrogens with one attached hydrogen (secondary N) is 2. The fourth-order valence-electron chi connectivity index (χ4n) is 2.55. The van der Waals surface area contributed by atoms with Crippen LogP contribution in [0.3, 0.4) is 0 Å². The Morgan fingerprint density at radius 1 is 1.30 bits per heavy atom. The van der Waals surface area contributed by atoms with Gasteiger partial charge in [0.05, 0.1) is 6.10 Å². The number of rotatable bonds is 5. The van der Waals surface area contributed by atoms with Crippen LogP contribution in [0, 0.1) is 5.92 Å². The Kier molecular flexibility index (Phi) is 6.35. The van der Waals surface area contributed by atoms with Crippen LogP contribution in [0.5, 0.6) is 0 Å². The maximum Gasteiger partial charge on any atom is 0.313 e. The van der Waals surface area contributed by atoms with Crippen molar-refractivity contribution in [3.63, 3.8) is 0 Å². The van der Waals surface area contributed by atoms with E-state index in [1.54, 1.807) is 13.2 Å². The first-order valence-corrected chi connectivity index (χ1v) is 7.97. The summed E-state index contributed by atoms with van der Waals surface area (Å²) in [6.07, 6.45) is 7.26. The summed E-state index contributed by atoms with van der Waals surface area (Å²) in [5.74, 6) is -0.814. The standard InChI is InChI=1S/C18H24N2O3/c1-13(23-2)15-9-6-10-16(11-15)20-18(22)17(21)19-12-14-7-4-3-5-8-14/h3-4,6,9-11,13-14H,5,7-8,12H2,1-2H3,(H,19,21)(H,20,22)/t13-,14-/m1/s1. The number of hydrogen-bond acceptors (Lipinski definition) is 3. The van der Waals surface area contributed by atoms with Crippen molar-refractivity contribution in [3.8, 4) is 0 Å². The molecule has 5 heteroatoms. The van der Waals surface area contributed by atoms with Gasteiger partial charge in [0.2, 0.25) is 0 Å². The molecule has 2 atom stereocenters. The third-order valence-corrected chi connectivity index (χ3v) is 4.10. The highest BCUT2D eigenvalue weighted by atomic mass is 16.5. The molecule has 0 saturated carbocycles. The summed E-state index contributed by atoms with van der Waals surface area (Å²) >= 11 is 0. The predicted molar refractivity (Wildman–Crippen MR) is 90.0 cm³/mol. The molecule has 23 heavy (non-hydrogen) atoms. The van der Waals surface area contributed by atoms with Crippen molar-refractivity contribution >= 4 is 17.5 Å². The molecular weight excluding hydrogens is 292 g/mol. The molecule has 1 aliphatic rings. The van der Waals surface area contributed by atoms with Gasteiger partial charge in [-0.25, -0.2) is 0 Å². The van der Waals surface area contributed by atoms with Gasteiger partial charge in [0, 0.05) is 19.3 Å². The van der Waals surface area contributed by atoms with Crippen LogP contribution in [-0.4, -0.2) is 25.5 Å². The normalized spacial score (nSPS) is 18.3. The Balaban J connectivity index is 1.85. The summed E-state index contributed by atoms with van der Waals surface area (Å²) in [6.45, 7) is 2.46. The molecule has 0 spiro atoms. The van der Waals surface area contributed by atoms with Crippen LogP contribution >= 0.6 is 0 Å². The van der Waals surface area contributed by atoms with Crippen LogP contribution in [0.25, 0.3) is 0 Å². The third-order valence-electron chi connectivity index (χ3n) is 4.10. The van der Waals surface area contributed by atoms with Crippen molar-refractivity contribution in [2.75, 3.05) is 19.0 Å². The van der Waals surface area contributed by atoms with Crippen LogP contribution in [0.1, 0.15) is 37.9 Å². The molecule has 0 bridgehead atoms. The van der Waals surface area contributed by atoms with E-state index in [1.165, 1.54) is 0 Å². The Hall–Kier alpha value is -2.14. The Morgan fingerprint density at radius 2 is 2.13 bits per heavy atom. The first-order chi connectivity index (χ1) is 11.1. The molecule has 0 saturated heterocycles. The van der Waals surface area contributed by atoms with E-state index in [-0.39, 0.29) is 6.10 Å². The molecule has 2 amide bonds. The highest BCUT2D eigenvalue weighted by Gasteiger charge is 2.17. The molecule has 0 unspecified atom stereocenters. The maximum atomic E-state index is 12.0. The van der Waals surface area contributed by atoms with E-state index in [4.69, 9.17) is 4.74 Å². The van der Waals surface area contributed by atoms with Gasteiger partial charge in [-0.15, -0.1) is 0 Å². The average Bonchev–Trinajstić information content (AvgIpc) is 2.60. The van der Waals surface area contributed by atoms with Gasteiger partial charge in [-0.2, -0.15) is 0 Å². The van der Waals surface area contributed by atoms with E-state index in [1.807, 2.05) is 25.1 Å². The Morgan fingerprint density at radius 3 is 2.83 bits per heavy atom. The van der Waals surface area contributed by atoms with E-state index >= 15 is 0 Å². The van der Waals surface area contributed by atoms with E-state index < -0.39 is 11.8 Å². The van der Waals surface area contributed by atoms with Gasteiger partial charge in [0.1, 0.15) is 0 Å². The lowest BCUT2D eigenvalue weighted by Gasteiger charge is -2.18. The molecule has 2 N–H and O–H groups in total. The molecule has 2 rings (SSSR count). The Bertz CT molecular complexity index is 583. The van der Waals surface area contributed by atoms with E-state index in [9.17, 15) is 9.59 Å². The fourth-order valence-corrected chi connectivity index (χ4v) is 2.55. The van der Waals surface area contributed by atoms with Crippen LogP contribution in [0.4, 0.5) is 5.69 Å². The highest BCUT2D eigenvalue weighted by Crippen LogP contribution is 2.19. The summed E-state index contributed by atoms with van der Waals surface area (Å²) < 4.78 is 5.25. The topological polar surface area (TPSA) is 67.4 Å². The molecular formula is C18H24N2O3. The van der Waals surface area contributed by atoms with Crippen molar-refractivity contribution in [2.24, 2.45) is 5.92 Å². The second kappa shape index (κ2) is 8.48. The summed E-state index contributed by atoms with van der Waals surface area (Å²) in [5.41, 5.74) is 1.53. The Labute approximate surface area is 137 Å². The SMILES string of the molecule is CO[C@H](C)c1cccc(NC(=O)C(=O)NC[C@@H]2CC=CCC2)c1. The van der Waals surface area contributed by atoms with Crippen LogP contribution in [-0.2, 0) is 14.3 Å². The number of carbonyl (C=O) groups is 2. The van der Waals surface area contributed by atoms with Gasteiger partial charge in [-0.05, 0) is 49.8 Å². The third kappa shape index (κ3) is 5.21. The van der Waals surface area contributed by atoms with Crippen LogP contribution in [0.15, 0.2) is 36.4 Å². The second-order valence-electron chi connectivity index (χ2n) is 5.82. The molecule has 0 aromatic heterocycles. The molecule has 0 aliphatic heterocycles. The second-order valence-corrected chi connectivity index (χ2v) is 5.82. The maximum absolute atomic E-state index is 12.0. The minimum Gasteiger partial charge on any atom is -0.377 e. The number of carbonyl (C=O) groups excluding carboxylic acids is 2. The number of benzene rings is 1. The molecule has 124 valence electrons. The monoisotopic (exact) mass is 316 g/mol. The smallest absolute Gasteiger partial charge is 0.313 e. The van der Waals surface area contributed by atoms with Crippen molar-refractivity contribution < 1.29 is 14.3 Å². The average molecular weight is 316 g/mol. The van der Waals surface area contributed by atoms with Crippen LogP contribution < -0.4 is 10.6 Å². The van der Waals surface area contributed by atoms with E-state index in [0.29, 0.717) is 18.2 Å². The van der Waals surface area contributed by atoms with Gasteiger partial charge in [0.15, 0.2) is 0 Å². The minimum absolute atomic E-state index is 0.0694. The van der Waals surface area contributed by atoms with Crippen molar-refractivity contribution in [1.29, 1.82) is 0 Å². The zero-order valence-electron chi connectivity index (χ0n) is 13.7. The lowest BCUT2D eigenvalue weighted by atomic mass is 9.94. The summed E-state index contributed by atoms with van der Waals surface area (Å²) in [4.78, 5) is 23.9. The molecule has 0 heterocycles. The van der Waals surface area contributed by atoms with Crippen molar-refractivity contribution in [2.45, 2.75) is 32.3 Å². The van der Waals surface area contributed by atoms with Gasteiger partial charge in [-0.1, -0.05) is 24.3 Å². The molecule has 0 radical (unpaired) electrons. The largest absolute Gasteiger partial charge is 0.377 e. The lowest BCUT2D eigenvalue weighted by Crippen LogP contribution is -2.38. The first-order valence-electron chi connectivity index (χ1n) is 7.97. The summed E-state index contributed by atoms with van der Waals surface area (Å²) in [7, 11) is 1.63. The lowest BCUT2D eigenvalue weighted by molar-refractivity contribution is -0.136. The zero-order chi connectivity index (χ0) is 16.7. The molecule has 1 aromatic carbocycles. The summed E-state index contributed by atoms with van der Waals surface area (Å²) in [6, 6.07) is 7.31. The number of methoxy groups -OCH3 is 1. The number of hydrogen-bond donors (Lipinski definition) is 2. The number of ether oxygens (including phenoxy) is 1. The van der Waals surface area contributed by atoms with E-state index in [2.05, 4.69) is 22.8 Å². The number of amides is 2. The molecule has 1 aliphatic carbocycles. The number of allylic oxidation sites excluding steroid dienone is 2. The molecule has 5 nitrogen and oxygen atoms in total. The zero-order valence-corrected chi connectivity index (χ0v) is 13.7. The van der Waals surface area contributed by atoms with Gasteiger partial charge < -0.3 is 15.4 Å². The van der Waals surface area contributed by atoms with Gasteiger partial charge in [0.25, 0.3) is 0 Å². The predicted octanol–water partition coefficient (Wildman–Crippen LogP) is 2.81. The first kappa shape index (κ1) is 17.2. The highest BCUT2D eigenvalue weighted by molar-refractivity contribution is 6.39.